The molecule has 0 saturated carbocycles. The van der Waals surface area contributed by atoms with Crippen molar-refractivity contribution >= 4 is 23.2 Å². The van der Waals surface area contributed by atoms with Gasteiger partial charge in [0.2, 0.25) is 11.8 Å². The van der Waals surface area contributed by atoms with Crippen molar-refractivity contribution in [2.75, 3.05) is 63.0 Å². The number of likely N-dealkylation sites (tertiary alicyclic amines) is 2. The molecular weight excluding hydrogens is 843 g/mol. The van der Waals surface area contributed by atoms with Crippen LogP contribution in [0.15, 0.2) is 97.1 Å². The van der Waals surface area contributed by atoms with E-state index in [0.29, 0.717) is 30.2 Å². The molecule has 5 atom stereocenters. The molecule has 1 unspecified atom stereocenters. The Bertz CT molecular complexity index is 2170. The standard InChI is InChI=1S/C28H39FN4O.C27H37FN4O/c1-20-17-32(18-21(2)30-20)19-22-5-7-23(8-6-22)28(3,4)27(34)33-15-13-26(14-16-33)31-25-11-9-24(29)10-12-25;1-19-16-31(17-20(2)29-19)18-22-7-9-23(10-8-22)21(3)27(33)32-13-11-25(12-14-32)30-26-6-4-5-24(28)15-26/h5-12,20-21,26,30-31H,13-19H2,1-4H3;4-10,15,19-21,25,29-30H,11-14,16-18H2,1-3H3/t20-,21+;19-,20+,21?. The number of nitrogens with one attached hydrogen (secondary N) is 4. The fraction of sp³-hybridized carbons (Fsp3) is 0.527. The normalized spacial score (nSPS) is 22.9. The lowest BCUT2D eigenvalue weighted by Crippen LogP contribution is -2.53. The highest BCUT2D eigenvalue weighted by atomic mass is 19.1. The maximum atomic E-state index is 13.4. The van der Waals surface area contributed by atoms with E-state index < -0.39 is 5.41 Å². The molecule has 8 rings (SSSR count). The number of hydrogen-bond acceptors (Lipinski definition) is 8. The Labute approximate surface area is 399 Å². The highest BCUT2D eigenvalue weighted by Crippen LogP contribution is 2.29. The van der Waals surface area contributed by atoms with Gasteiger partial charge in [-0.05, 0) is 139 Å². The van der Waals surface area contributed by atoms with E-state index in [9.17, 15) is 18.4 Å². The number of piperidine rings is 2. The molecule has 4 heterocycles. The number of carbonyl (C=O) groups is 2. The molecule has 0 radical (unpaired) electrons. The van der Waals surface area contributed by atoms with Crippen molar-refractivity contribution in [2.45, 2.75) is 135 Å². The van der Waals surface area contributed by atoms with Gasteiger partial charge in [0.1, 0.15) is 11.6 Å². The Kier molecular flexibility index (Phi) is 17.1. The molecule has 0 spiro atoms. The molecule has 0 aromatic heterocycles. The zero-order valence-electron chi connectivity index (χ0n) is 41.0. The predicted molar refractivity (Wildman–Crippen MR) is 268 cm³/mol. The van der Waals surface area contributed by atoms with Crippen LogP contribution in [-0.4, -0.2) is 120 Å². The van der Waals surface area contributed by atoms with Crippen LogP contribution in [0.2, 0.25) is 0 Å². The molecule has 4 aliphatic rings. The van der Waals surface area contributed by atoms with Gasteiger partial charge >= 0.3 is 0 Å². The van der Waals surface area contributed by atoms with Gasteiger partial charge in [-0.2, -0.15) is 0 Å². The monoisotopic (exact) mass is 919 g/mol. The average Bonchev–Trinajstić information content (AvgIpc) is 3.29. The summed E-state index contributed by atoms with van der Waals surface area (Å²) in [7, 11) is 0. The lowest BCUT2D eigenvalue weighted by Gasteiger charge is -2.38. The Hall–Kier alpha value is -4.88. The Morgan fingerprint density at radius 3 is 1.57 bits per heavy atom. The van der Waals surface area contributed by atoms with Gasteiger partial charge in [0.05, 0.1) is 11.3 Å². The van der Waals surface area contributed by atoms with Crippen molar-refractivity contribution in [3.05, 3.63) is 131 Å². The van der Waals surface area contributed by atoms with Crippen LogP contribution in [0.5, 0.6) is 0 Å². The smallest absolute Gasteiger partial charge is 0.232 e. The van der Waals surface area contributed by atoms with E-state index in [1.54, 1.807) is 18.2 Å². The number of nitrogens with zero attached hydrogens (tertiary/aromatic N) is 4. The second-order valence-electron chi connectivity index (χ2n) is 20.6. The topological polar surface area (TPSA) is 95.2 Å². The third kappa shape index (κ3) is 14.1. The highest BCUT2D eigenvalue weighted by Gasteiger charge is 2.36. The minimum Gasteiger partial charge on any atom is -0.382 e. The summed E-state index contributed by atoms with van der Waals surface area (Å²) in [5.74, 6) is -0.230. The first-order chi connectivity index (χ1) is 32.1. The van der Waals surface area contributed by atoms with Crippen LogP contribution in [0.3, 0.4) is 0 Å². The van der Waals surface area contributed by atoms with Crippen LogP contribution >= 0.6 is 0 Å². The quantitative estimate of drug-likeness (QED) is 0.112. The first-order valence-corrected chi connectivity index (χ1v) is 24.9. The fourth-order valence-corrected chi connectivity index (χ4v) is 10.6. The van der Waals surface area contributed by atoms with Gasteiger partial charge in [-0.1, -0.05) is 54.6 Å². The molecule has 4 N–H and O–H groups in total. The molecule has 67 heavy (non-hydrogen) atoms. The van der Waals surface area contributed by atoms with Crippen LogP contribution in [0.4, 0.5) is 20.2 Å². The second-order valence-corrected chi connectivity index (χ2v) is 20.6. The van der Waals surface area contributed by atoms with Crippen LogP contribution in [0, 0.1) is 11.6 Å². The van der Waals surface area contributed by atoms with E-state index in [1.807, 2.05) is 36.6 Å². The second kappa shape index (κ2) is 22.9. The summed E-state index contributed by atoms with van der Waals surface area (Å²) in [6, 6.07) is 32.9. The number of benzene rings is 4. The summed E-state index contributed by atoms with van der Waals surface area (Å²) in [5.41, 5.74) is 5.90. The molecule has 12 heteroatoms. The summed E-state index contributed by atoms with van der Waals surface area (Å²) in [6.45, 7) is 24.1. The van der Waals surface area contributed by atoms with Crippen molar-refractivity contribution in [3.8, 4) is 0 Å². The molecule has 0 aliphatic carbocycles. The molecule has 2 amide bonds. The van der Waals surface area contributed by atoms with Crippen LogP contribution in [0.1, 0.15) is 102 Å². The van der Waals surface area contributed by atoms with Gasteiger partial charge < -0.3 is 31.1 Å². The van der Waals surface area contributed by atoms with E-state index in [0.717, 1.165) is 114 Å². The number of amides is 2. The van der Waals surface area contributed by atoms with E-state index in [-0.39, 0.29) is 35.4 Å². The van der Waals surface area contributed by atoms with Crippen molar-refractivity contribution in [2.24, 2.45) is 0 Å². The Morgan fingerprint density at radius 2 is 1.07 bits per heavy atom. The van der Waals surface area contributed by atoms with E-state index in [2.05, 4.69) is 107 Å². The highest BCUT2D eigenvalue weighted by molar-refractivity contribution is 5.87. The van der Waals surface area contributed by atoms with Crippen molar-refractivity contribution in [1.82, 2.24) is 30.2 Å². The van der Waals surface area contributed by atoms with Crippen LogP contribution < -0.4 is 21.3 Å². The first-order valence-electron chi connectivity index (χ1n) is 24.9. The fourth-order valence-electron chi connectivity index (χ4n) is 10.6. The molecule has 4 saturated heterocycles. The SMILES string of the molecule is CC(C(=O)N1CCC(Nc2cccc(F)c2)CC1)c1ccc(CN2C[C@@H](C)N[C@@H](C)C2)cc1.C[C@@H]1CN(Cc2ccc(C(C)(C)C(=O)N3CCC(Nc4ccc(F)cc4)CC3)cc2)C[C@H](C)N1. The predicted octanol–water partition coefficient (Wildman–Crippen LogP) is 8.60. The first kappa shape index (κ1) is 50.0. The lowest BCUT2D eigenvalue weighted by atomic mass is 9.82. The van der Waals surface area contributed by atoms with Gasteiger partial charge in [0.25, 0.3) is 0 Å². The van der Waals surface area contributed by atoms with Gasteiger partial charge in [-0.15, -0.1) is 0 Å². The summed E-state index contributed by atoms with van der Waals surface area (Å²) in [5, 5.41) is 14.0. The summed E-state index contributed by atoms with van der Waals surface area (Å²) >= 11 is 0. The molecule has 4 aliphatic heterocycles. The van der Waals surface area contributed by atoms with Gasteiger partial charge in [-0.3, -0.25) is 19.4 Å². The zero-order chi connectivity index (χ0) is 47.7. The van der Waals surface area contributed by atoms with Crippen LogP contribution in [-0.2, 0) is 28.1 Å². The lowest BCUT2D eigenvalue weighted by molar-refractivity contribution is -0.137. The third-order valence-corrected chi connectivity index (χ3v) is 14.1. The average molecular weight is 919 g/mol. The number of piperazine rings is 2. The zero-order valence-corrected chi connectivity index (χ0v) is 41.0. The Balaban J connectivity index is 0.000000199. The number of anilines is 2. The summed E-state index contributed by atoms with van der Waals surface area (Å²) < 4.78 is 26.6. The number of rotatable bonds is 12. The molecular formula is C55H76F2N8O2. The maximum Gasteiger partial charge on any atom is 0.232 e. The van der Waals surface area contributed by atoms with E-state index >= 15 is 0 Å². The molecule has 0 bridgehead atoms. The molecule has 4 fully saturated rings. The maximum absolute atomic E-state index is 13.4. The van der Waals surface area contributed by atoms with E-state index in [4.69, 9.17) is 0 Å². The molecule has 4 aromatic rings. The Morgan fingerprint density at radius 1 is 0.612 bits per heavy atom. The number of hydrogen-bond donors (Lipinski definition) is 4. The minimum absolute atomic E-state index is 0.147. The van der Waals surface area contributed by atoms with Gasteiger partial charge in [0.15, 0.2) is 0 Å². The van der Waals surface area contributed by atoms with Crippen molar-refractivity contribution in [1.29, 1.82) is 0 Å². The van der Waals surface area contributed by atoms with Crippen molar-refractivity contribution in [3.63, 3.8) is 0 Å². The van der Waals surface area contributed by atoms with Gasteiger partial charge in [-0.25, -0.2) is 8.78 Å². The molecule has 4 aromatic carbocycles. The third-order valence-electron chi connectivity index (χ3n) is 14.1. The summed E-state index contributed by atoms with van der Waals surface area (Å²) in [4.78, 5) is 35.5. The van der Waals surface area contributed by atoms with E-state index in [1.165, 1.54) is 35.4 Å². The van der Waals surface area contributed by atoms with Crippen LogP contribution in [0.25, 0.3) is 0 Å². The molecule has 362 valence electrons. The minimum atomic E-state index is -0.562. The largest absolute Gasteiger partial charge is 0.382 e. The summed E-state index contributed by atoms with van der Waals surface area (Å²) in [6.07, 6.45) is 3.52. The van der Waals surface area contributed by atoms with Crippen molar-refractivity contribution < 1.29 is 18.4 Å². The number of halogens is 2. The van der Waals surface area contributed by atoms with Gasteiger partial charge in [0, 0.05) is 113 Å². The number of carbonyl (C=O) groups excluding carboxylic acids is 2. The molecule has 10 nitrogen and oxygen atoms in total.